The number of hydrogen-bond donors (Lipinski definition) is 1. The molecule has 1 atom stereocenters. The standard InChI is InChI=1S/C16H26N4O/c1-2-5-13-6-3-9-19(11-7-13)15(21)14-12-20-10-4-8-17-16(20)18-14/h12-13H,2-11H2,1H3,(H,17,18). The van der Waals surface area contributed by atoms with Gasteiger partial charge in [0.25, 0.3) is 5.91 Å². The van der Waals surface area contributed by atoms with Crippen molar-refractivity contribution in [2.24, 2.45) is 5.92 Å². The molecule has 0 aromatic carbocycles. The monoisotopic (exact) mass is 290 g/mol. The van der Waals surface area contributed by atoms with Crippen molar-refractivity contribution < 1.29 is 4.79 Å². The summed E-state index contributed by atoms with van der Waals surface area (Å²) < 4.78 is 2.06. The van der Waals surface area contributed by atoms with Crippen LogP contribution in [0.1, 0.15) is 55.9 Å². The number of carbonyl (C=O) groups excluding carboxylic acids is 1. The van der Waals surface area contributed by atoms with Crippen molar-refractivity contribution >= 4 is 11.9 Å². The minimum absolute atomic E-state index is 0.107. The lowest BCUT2D eigenvalue weighted by molar-refractivity contribution is 0.0754. The largest absolute Gasteiger partial charge is 0.356 e. The SMILES string of the molecule is CCCC1CCCN(C(=O)c2cn3c(n2)NCCC3)CC1. The molecule has 0 bridgehead atoms. The molecule has 0 aliphatic carbocycles. The summed E-state index contributed by atoms with van der Waals surface area (Å²) in [5, 5.41) is 3.26. The quantitative estimate of drug-likeness (QED) is 0.931. The first-order valence-electron chi connectivity index (χ1n) is 8.38. The highest BCUT2D eigenvalue weighted by Gasteiger charge is 2.24. The number of likely N-dealkylation sites (tertiary alicyclic amines) is 1. The molecule has 1 amide bonds. The van der Waals surface area contributed by atoms with Crippen molar-refractivity contribution in [2.75, 3.05) is 25.0 Å². The molecule has 5 heteroatoms. The zero-order valence-corrected chi connectivity index (χ0v) is 13.0. The van der Waals surface area contributed by atoms with Crippen LogP contribution in [0.5, 0.6) is 0 Å². The fourth-order valence-electron chi connectivity index (χ4n) is 3.51. The van der Waals surface area contributed by atoms with E-state index in [-0.39, 0.29) is 5.91 Å². The van der Waals surface area contributed by atoms with Crippen LogP contribution >= 0.6 is 0 Å². The number of aromatic nitrogens is 2. The van der Waals surface area contributed by atoms with E-state index in [4.69, 9.17) is 0 Å². The van der Waals surface area contributed by atoms with Crippen LogP contribution in [0.4, 0.5) is 5.95 Å². The Morgan fingerprint density at radius 1 is 1.33 bits per heavy atom. The molecule has 5 nitrogen and oxygen atoms in total. The molecule has 0 radical (unpaired) electrons. The van der Waals surface area contributed by atoms with Crippen molar-refractivity contribution in [3.05, 3.63) is 11.9 Å². The molecule has 1 N–H and O–H groups in total. The van der Waals surface area contributed by atoms with E-state index in [1.54, 1.807) is 0 Å². The molecule has 116 valence electrons. The lowest BCUT2D eigenvalue weighted by Gasteiger charge is -2.19. The van der Waals surface area contributed by atoms with Gasteiger partial charge in [-0.05, 0) is 31.6 Å². The van der Waals surface area contributed by atoms with Crippen LogP contribution in [-0.4, -0.2) is 40.0 Å². The Balaban J connectivity index is 1.66. The van der Waals surface area contributed by atoms with Crippen LogP contribution in [0, 0.1) is 5.92 Å². The Morgan fingerprint density at radius 2 is 2.24 bits per heavy atom. The summed E-state index contributed by atoms with van der Waals surface area (Å²) in [6, 6.07) is 0. The molecule has 1 aromatic heterocycles. The summed E-state index contributed by atoms with van der Waals surface area (Å²) in [6.45, 7) is 5.93. The number of fused-ring (bicyclic) bond motifs is 1. The number of carbonyl (C=O) groups is 1. The number of imidazole rings is 1. The maximum absolute atomic E-state index is 12.7. The van der Waals surface area contributed by atoms with Gasteiger partial charge < -0.3 is 14.8 Å². The molecule has 0 spiro atoms. The molecule has 3 heterocycles. The van der Waals surface area contributed by atoms with Crippen LogP contribution in [0.15, 0.2) is 6.20 Å². The average Bonchev–Trinajstić information content (AvgIpc) is 2.80. The molecule has 2 aliphatic heterocycles. The molecule has 1 saturated heterocycles. The van der Waals surface area contributed by atoms with Crippen LogP contribution in [0.3, 0.4) is 0 Å². The van der Waals surface area contributed by atoms with Crippen molar-refractivity contribution in [1.82, 2.24) is 14.5 Å². The lowest BCUT2D eigenvalue weighted by atomic mass is 9.96. The molecule has 1 aromatic rings. The number of hydrogen-bond acceptors (Lipinski definition) is 3. The predicted octanol–water partition coefficient (Wildman–Crippen LogP) is 2.74. The van der Waals surface area contributed by atoms with E-state index in [9.17, 15) is 4.79 Å². The van der Waals surface area contributed by atoms with E-state index in [1.807, 2.05) is 11.1 Å². The third kappa shape index (κ3) is 3.22. The first kappa shape index (κ1) is 14.4. The molecular formula is C16H26N4O. The number of anilines is 1. The van der Waals surface area contributed by atoms with Gasteiger partial charge in [0.1, 0.15) is 5.69 Å². The molecular weight excluding hydrogens is 264 g/mol. The Morgan fingerprint density at radius 3 is 3.05 bits per heavy atom. The summed E-state index contributed by atoms with van der Waals surface area (Å²) in [5.74, 6) is 1.75. The third-order valence-electron chi connectivity index (χ3n) is 4.69. The van der Waals surface area contributed by atoms with Crippen LogP contribution in [0.25, 0.3) is 0 Å². The van der Waals surface area contributed by atoms with E-state index in [1.165, 1.54) is 19.3 Å². The number of aryl methyl sites for hydroxylation is 1. The smallest absolute Gasteiger partial charge is 0.274 e. The van der Waals surface area contributed by atoms with Gasteiger partial charge >= 0.3 is 0 Å². The fourth-order valence-corrected chi connectivity index (χ4v) is 3.51. The highest BCUT2D eigenvalue weighted by Crippen LogP contribution is 2.23. The second-order valence-electron chi connectivity index (χ2n) is 6.30. The Labute approximate surface area is 126 Å². The second-order valence-corrected chi connectivity index (χ2v) is 6.30. The molecule has 0 saturated carbocycles. The minimum atomic E-state index is 0.107. The summed E-state index contributed by atoms with van der Waals surface area (Å²) in [4.78, 5) is 19.1. The van der Waals surface area contributed by atoms with Crippen molar-refractivity contribution in [1.29, 1.82) is 0 Å². The van der Waals surface area contributed by atoms with Gasteiger partial charge in [-0.3, -0.25) is 4.79 Å². The zero-order chi connectivity index (χ0) is 14.7. The summed E-state index contributed by atoms with van der Waals surface area (Å²) in [7, 11) is 0. The number of amides is 1. The molecule has 3 rings (SSSR count). The highest BCUT2D eigenvalue weighted by atomic mass is 16.2. The normalized spacial score (nSPS) is 22.3. The van der Waals surface area contributed by atoms with Gasteiger partial charge in [0.05, 0.1) is 0 Å². The number of nitrogens with zero attached hydrogens (tertiary/aromatic N) is 3. The van der Waals surface area contributed by atoms with E-state index in [2.05, 4.69) is 21.8 Å². The van der Waals surface area contributed by atoms with Gasteiger partial charge in [-0.1, -0.05) is 19.8 Å². The van der Waals surface area contributed by atoms with E-state index in [0.29, 0.717) is 5.69 Å². The van der Waals surface area contributed by atoms with Gasteiger partial charge in [0.15, 0.2) is 0 Å². The van der Waals surface area contributed by atoms with Crippen LogP contribution in [0.2, 0.25) is 0 Å². The van der Waals surface area contributed by atoms with Gasteiger partial charge in [-0.2, -0.15) is 0 Å². The lowest BCUT2D eigenvalue weighted by Crippen LogP contribution is -2.32. The zero-order valence-electron chi connectivity index (χ0n) is 13.0. The van der Waals surface area contributed by atoms with E-state index < -0.39 is 0 Å². The topological polar surface area (TPSA) is 50.2 Å². The Hall–Kier alpha value is -1.52. The Kier molecular flexibility index (Phi) is 4.46. The van der Waals surface area contributed by atoms with Crippen molar-refractivity contribution in [3.63, 3.8) is 0 Å². The third-order valence-corrected chi connectivity index (χ3v) is 4.69. The van der Waals surface area contributed by atoms with E-state index >= 15 is 0 Å². The Bertz CT molecular complexity index is 473. The second kappa shape index (κ2) is 6.50. The first-order valence-corrected chi connectivity index (χ1v) is 8.38. The van der Waals surface area contributed by atoms with E-state index in [0.717, 1.165) is 57.3 Å². The number of nitrogens with one attached hydrogen (secondary N) is 1. The summed E-state index contributed by atoms with van der Waals surface area (Å²) >= 11 is 0. The highest BCUT2D eigenvalue weighted by molar-refractivity contribution is 5.92. The molecule has 1 unspecified atom stereocenters. The van der Waals surface area contributed by atoms with Gasteiger partial charge in [-0.25, -0.2) is 4.98 Å². The maximum Gasteiger partial charge on any atom is 0.274 e. The van der Waals surface area contributed by atoms with Gasteiger partial charge in [0.2, 0.25) is 5.95 Å². The maximum atomic E-state index is 12.7. The molecule has 2 aliphatic rings. The fraction of sp³-hybridized carbons (Fsp3) is 0.750. The summed E-state index contributed by atoms with van der Waals surface area (Å²) in [6.07, 6.45) is 9.09. The predicted molar refractivity (Wildman–Crippen MR) is 83.5 cm³/mol. The van der Waals surface area contributed by atoms with Gasteiger partial charge in [-0.15, -0.1) is 0 Å². The first-order chi connectivity index (χ1) is 10.3. The van der Waals surface area contributed by atoms with Crippen molar-refractivity contribution in [2.45, 2.75) is 52.0 Å². The molecule has 21 heavy (non-hydrogen) atoms. The number of rotatable bonds is 3. The van der Waals surface area contributed by atoms with Crippen LogP contribution < -0.4 is 5.32 Å². The van der Waals surface area contributed by atoms with Crippen LogP contribution in [-0.2, 0) is 6.54 Å². The average molecular weight is 290 g/mol. The van der Waals surface area contributed by atoms with Gasteiger partial charge in [0, 0.05) is 32.4 Å². The van der Waals surface area contributed by atoms with Crippen molar-refractivity contribution in [3.8, 4) is 0 Å². The minimum Gasteiger partial charge on any atom is -0.356 e. The molecule has 1 fully saturated rings. The summed E-state index contributed by atoms with van der Waals surface area (Å²) in [5.41, 5.74) is 0.605.